The van der Waals surface area contributed by atoms with Gasteiger partial charge in [0.1, 0.15) is 16.9 Å². The average Bonchev–Trinajstić information content (AvgIpc) is 3.91. The van der Waals surface area contributed by atoms with Gasteiger partial charge in [-0.2, -0.15) is 0 Å². The fraction of sp³-hybridized carbons (Fsp3) is 0.0323. The van der Waals surface area contributed by atoms with E-state index >= 15 is 0 Å². The minimum absolute atomic E-state index is 0. The van der Waals surface area contributed by atoms with Crippen LogP contribution in [-0.2, 0) is 27.6 Å². The maximum atomic E-state index is 10.9. The van der Waals surface area contributed by atoms with Gasteiger partial charge in [-0.3, -0.25) is 9.97 Å². The van der Waals surface area contributed by atoms with Gasteiger partial charge in [-0.05, 0) is 100 Å². The van der Waals surface area contributed by atoms with Gasteiger partial charge in [-0.25, -0.2) is 0 Å². The molecule has 0 aliphatic carbocycles. The molecule has 0 radical (unpaired) electrons. The molecule has 0 amide bonds. The van der Waals surface area contributed by atoms with Crippen molar-refractivity contribution in [1.82, 2.24) is 14.5 Å². The predicted octanol–water partition coefficient (Wildman–Crippen LogP) is 15.9. The molecule has 0 bridgehead atoms. The third-order valence-corrected chi connectivity index (χ3v) is 12.7. The molecule has 68 heavy (non-hydrogen) atoms. The van der Waals surface area contributed by atoms with Gasteiger partial charge in [-0.15, -0.1) is 24.3 Å². The van der Waals surface area contributed by atoms with Gasteiger partial charge in [0.05, 0.1) is 11.4 Å². The summed E-state index contributed by atoms with van der Waals surface area (Å²) in [4.78, 5) is 10.3. The van der Waals surface area contributed by atoms with Gasteiger partial charge in [0, 0.05) is 77.5 Å². The van der Waals surface area contributed by atoms with E-state index in [1.807, 2.05) is 66.7 Å². The van der Waals surface area contributed by atoms with Gasteiger partial charge in [0.15, 0.2) is 0 Å². The molecule has 0 unspecified atom stereocenters. The number of nitrogens with zero attached hydrogens (tertiary/aromatic N) is 3. The molecule has 12 rings (SSSR count). The smallest absolute Gasteiger partial charge is 0.136 e. The number of aromatic hydroxyl groups is 1. The fourth-order valence-electron chi connectivity index (χ4n) is 9.57. The summed E-state index contributed by atoms with van der Waals surface area (Å²) in [5, 5.41) is 14.3. The second-order valence-electron chi connectivity index (χ2n) is 17.1. The van der Waals surface area contributed by atoms with Crippen LogP contribution in [0, 0.1) is 13.0 Å². The number of furan rings is 1. The third kappa shape index (κ3) is 7.91. The minimum Gasteiger partial charge on any atom is -0.507 e. The Bertz CT molecular complexity index is 3800. The Kier molecular flexibility index (Phi) is 11.2. The normalized spacial score (nSPS) is 11.3. The number of hydrogen-bond acceptors (Lipinski definition) is 4. The molecule has 0 saturated carbocycles. The van der Waals surface area contributed by atoms with E-state index in [4.69, 9.17) is 14.4 Å². The van der Waals surface area contributed by atoms with Crippen LogP contribution in [0.25, 0.3) is 111 Å². The molecule has 0 fully saturated rings. The SMILES string of the molecule is Cc1cc(-c2c(-c3ccc4c(c3)oc3ccccc34)c3cc(-c4ccccc4)ccc3n2Cc2ccccc2)cc(-c2[c-]c(-c3cc(-c4ccccc4)cc(-c4ccccc4O)n3)ccc2)n1.[Pt]. The molecule has 12 aromatic rings. The molecule has 5 nitrogen and oxygen atoms in total. The number of pyridine rings is 2. The first kappa shape index (κ1) is 42.5. The van der Waals surface area contributed by atoms with Gasteiger partial charge in [0.2, 0.25) is 0 Å². The summed E-state index contributed by atoms with van der Waals surface area (Å²) < 4.78 is 9.01. The van der Waals surface area contributed by atoms with Crippen molar-refractivity contribution in [1.29, 1.82) is 0 Å². The number of para-hydroxylation sites is 2. The van der Waals surface area contributed by atoms with Gasteiger partial charge in [-0.1, -0.05) is 157 Å². The summed E-state index contributed by atoms with van der Waals surface area (Å²) >= 11 is 0. The number of aromatic nitrogens is 3. The van der Waals surface area contributed by atoms with Crippen LogP contribution in [0.2, 0.25) is 0 Å². The molecule has 4 aromatic heterocycles. The first-order valence-corrected chi connectivity index (χ1v) is 22.6. The molecule has 8 aromatic carbocycles. The zero-order chi connectivity index (χ0) is 44.8. The first-order chi connectivity index (χ1) is 33.0. The molecular formula is C62H42N3O2Pt-. The number of fused-ring (bicyclic) bond motifs is 4. The van der Waals surface area contributed by atoms with Crippen molar-refractivity contribution in [3.8, 4) is 84.2 Å². The number of hydrogen-bond donors (Lipinski definition) is 1. The van der Waals surface area contributed by atoms with Crippen LogP contribution < -0.4 is 0 Å². The number of rotatable bonds is 9. The monoisotopic (exact) mass is 1060 g/mol. The van der Waals surface area contributed by atoms with Gasteiger partial charge in [0.25, 0.3) is 0 Å². The molecule has 6 heteroatoms. The zero-order valence-corrected chi connectivity index (χ0v) is 39.3. The van der Waals surface area contributed by atoms with Crippen LogP contribution in [0.15, 0.2) is 223 Å². The van der Waals surface area contributed by atoms with Crippen LogP contribution in [0.4, 0.5) is 0 Å². The van der Waals surface area contributed by atoms with Crippen molar-refractivity contribution in [3.05, 3.63) is 236 Å². The largest absolute Gasteiger partial charge is 0.507 e. The van der Waals surface area contributed by atoms with Crippen molar-refractivity contribution >= 4 is 32.8 Å². The summed E-state index contributed by atoms with van der Waals surface area (Å²) in [7, 11) is 0. The van der Waals surface area contributed by atoms with Gasteiger partial charge >= 0.3 is 0 Å². The Hall–Kier alpha value is -8.11. The second kappa shape index (κ2) is 17.9. The number of phenolic OH excluding ortho intramolecular Hbond substituents is 1. The van der Waals surface area contributed by atoms with Crippen LogP contribution in [0.3, 0.4) is 0 Å². The molecule has 0 atom stereocenters. The molecule has 1 N–H and O–H groups in total. The number of benzene rings is 8. The summed E-state index contributed by atoms with van der Waals surface area (Å²) in [6.45, 7) is 2.73. The summed E-state index contributed by atoms with van der Waals surface area (Å²) in [6, 6.07) is 79.1. The summed E-state index contributed by atoms with van der Waals surface area (Å²) in [5.74, 6) is 0.179. The Labute approximate surface area is 408 Å². The molecule has 0 aliphatic heterocycles. The van der Waals surface area contributed by atoms with Crippen LogP contribution in [0.5, 0.6) is 5.75 Å². The minimum atomic E-state index is 0. The van der Waals surface area contributed by atoms with Crippen LogP contribution >= 0.6 is 0 Å². The predicted molar refractivity (Wildman–Crippen MR) is 274 cm³/mol. The molecule has 4 heterocycles. The van der Waals surface area contributed by atoms with E-state index in [-0.39, 0.29) is 26.8 Å². The molecule has 328 valence electrons. The van der Waals surface area contributed by atoms with E-state index in [0.717, 1.165) is 106 Å². The van der Waals surface area contributed by atoms with Crippen LogP contribution in [0.1, 0.15) is 11.3 Å². The molecule has 0 saturated heterocycles. The summed E-state index contributed by atoms with van der Waals surface area (Å²) in [5.41, 5.74) is 18.2. The van der Waals surface area contributed by atoms with E-state index in [1.54, 1.807) is 6.07 Å². The van der Waals surface area contributed by atoms with Crippen molar-refractivity contribution in [2.75, 3.05) is 0 Å². The summed E-state index contributed by atoms with van der Waals surface area (Å²) in [6.07, 6.45) is 0. The topological polar surface area (TPSA) is 64.1 Å². The quantitative estimate of drug-likeness (QED) is 0.146. The maximum Gasteiger partial charge on any atom is 0.136 e. The number of phenols is 1. The van der Waals surface area contributed by atoms with E-state index in [2.05, 4.69) is 163 Å². The standard InChI is InChI=1S/C62H42N3O2.Pt/c1-40-32-49(37-54(63-40)45-22-15-23-46(33-45)55-35-48(43-20-9-4-10-21-43)36-56(64-55)52-25-11-13-26-58(52)66)62-61(47-28-30-51-50-24-12-14-27-59(50)67-60(51)38-47)53-34-44(42-18-7-3-8-19-42)29-31-57(53)65(62)39-41-16-5-2-6-17-41;/h2-32,34-38,66H,39H2,1H3;/q-1;. The Balaban J connectivity index is 0.00000507. The van der Waals surface area contributed by atoms with E-state index in [9.17, 15) is 5.11 Å². The van der Waals surface area contributed by atoms with Gasteiger partial charge < -0.3 is 14.1 Å². The Morgan fingerprint density at radius 1 is 0.471 bits per heavy atom. The van der Waals surface area contributed by atoms with Crippen molar-refractivity contribution in [3.63, 3.8) is 0 Å². The number of aryl methyl sites for hydroxylation is 1. The molecular weight excluding hydrogens is 1010 g/mol. The second-order valence-corrected chi connectivity index (χ2v) is 17.1. The Morgan fingerprint density at radius 3 is 1.85 bits per heavy atom. The van der Waals surface area contributed by atoms with E-state index in [0.29, 0.717) is 17.8 Å². The van der Waals surface area contributed by atoms with Crippen molar-refractivity contribution < 1.29 is 30.6 Å². The average molecular weight is 1060 g/mol. The first-order valence-electron chi connectivity index (χ1n) is 22.6. The fourth-order valence-corrected chi connectivity index (χ4v) is 9.57. The zero-order valence-electron chi connectivity index (χ0n) is 37.0. The van der Waals surface area contributed by atoms with Crippen LogP contribution in [-0.4, -0.2) is 19.6 Å². The van der Waals surface area contributed by atoms with Crippen molar-refractivity contribution in [2.24, 2.45) is 0 Å². The third-order valence-electron chi connectivity index (χ3n) is 12.7. The Morgan fingerprint density at radius 2 is 1.09 bits per heavy atom. The molecule has 0 spiro atoms. The maximum absolute atomic E-state index is 10.9. The van der Waals surface area contributed by atoms with E-state index in [1.165, 1.54) is 5.56 Å². The van der Waals surface area contributed by atoms with E-state index < -0.39 is 0 Å². The molecule has 0 aliphatic rings. The van der Waals surface area contributed by atoms with Crippen molar-refractivity contribution in [2.45, 2.75) is 13.5 Å².